The van der Waals surface area contributed by atoms with Crippen molar-refractivity contribution in [3.05, 3.63) is 30.3 Å². The van der Waals surface area contributed by atoms with Crippen molar-refractivity contribution in [3.8, 4) is 0 Å². The summed E-state index contributed by atoms with van der Waals surface area (Å²) in [6.45, 7) is 2.25. The Kier molecular flexibility index (Phi) is 4.25. The minimum Gasteiger partial charge on any atom is -0.349 e. The second-order valence-electron chi connectivity index (χ2n) is 6.34. The highest BCUT2D eigenvalue weighted by Gasteiger charge is 2.35. The molecule has 2 aliphatic rings. The van der Waals surface area contributed by atoms with Crippen molar-refractivity contribution in [1.29, 1.82) is 0 Å². The lowest BCUT2D eigenvalue weighted by Gasteiger charge is -2.45. The number of nitrogens with one attached hydrogen (secondary N) is 1. The van der Waals surface area contributed by atoms with Crippen LogP contribution in [0.2, 0.25) is 0 Å². The van der Waals surface area contributed by atoms with Crippen molar-refractivity contribution >= 4 is 23.0 Å². The third-order valence-electron chi connectivity index (χ3n) is 5.05. The summed E-state index contributed by atoms with van der Waals surface area (Å²) in [5, 5.41) is 4.25. The first kappa shape index (κ1) is 13.9. The Labute approximate surface area is 127 Å². The Balaban J connectivity index is 1.54. The van der Waals surface area contributed by atoms with E-state index in [0.717, 1.165) is 23.9 Å². The lowest BCUT2D eigenvalue weighted by Crippen LogP contribution is -2.45. The number of rotatable bonds is 1. The van der Waals surface area contributed by atoms with Gasteiger partial charge in [-0.05, 0) is 55.4 Å². The number of hydrogen-bond acceptors (Lipinski definition) is 1. The van der Waals surface area contributed by atoms with Crippen LogP contribution in [0.15, 0.2) is 30.3 Å². The summed E-state index contributed by atoms with van der Waals surface area (Å²) in [4.78, 5) is 2.35. The first-order chi connectivity index (χ1) is 9.77. The number of thiocarbonyl (C=S) groups is 1. The van der Waals surface area contributed by atoms with E-state index < -0.39 is 0 Å². The smallest absolute Gasteiger partial charge is 0.173 e. The van der Waals surface area contributed by atoms with Crippen LogP contribution in [0.1, 0.15) is 44.9 Å². The second kappa shape index (κ2) is 6.13. The van der Waals surface area contributed by atoms with E-state index in [1.54, 1.807) is 0 Å². The Morgan fingerprint density at radius 2 is 1.60 bits per heavy atom. The molecule has 1 saturated heterocycles. The van der Waals surface area contributed by atoms with Gasteiger partial charge in [-0.3, -0.25) is 0 Å². The predicted molar refractivity (Wildman–Crippen MR) is 89.0 cm³/mol. The van der Waals surface area contributed by atoms with Crippen LogP contribution >= 0.6 is 12.2 Å². The van der Waals surface area contributed by atoms with Crippen LogP contribution in [0.4, 0.5) is 5.69 Å². The van der Waals surface area contributed by atoms with Gasteiger partial charge in [0.1, 0.15) is 0 Å². The van der Waals surface area contributed by atoms with E-state index in [1.807, 2.05) is 18.2 Å². The Morgan fingerprint density at radius 1 is 0.950 bits per heavy atom. The maximum absolute atomic E-state index is 5.56. The molecule has 1 aliphatic carbocycles. The van der Waals surface area contributed by atoms with Crippen LogP contribution in [0.25, 0.3) is 0 Å². The zero-order chi connectivity index (χ0) is 13.8. The fraction of sp³-hybridized carbons (Fsp3) is 0.588. The van der Waals surface area contributed by atoms with Crippen LogP contribution in [0.3, 0.4) is 0 Å². The highest BCUT2D eigenvalue weighted by molar-refractivity contribution is 7.80. The van der Waals surface area contributed by atoms with E-state index in [1.165, 1.54) is 44.9 Å². The molecule has 1 heterocycles. The third kappa shape index (κ3) is 3.14. The molecule has 0 aromatic heterocycles. The summed E-state index contributed by atoms with van der Waals surface area (Å²) in [7, 11) is 0. The molecule has 2 nitrogen and oxygen atoms in total. The molecular formula is C17H24N2S. The van der Waals surface area contributed by atoms with Gasteiger partial charge in [-0.1, -0.05) is 37.5 Å². The van der Waals surface area contributed by atoms with Gasteiger partial charge in [0, 0.05) is 18.8 Å². The van der Waals surface area contributed by atoms with Crippen LogP contribution < -0.4 is 5.32 Å². The predicted octanol–water partition coefficient (Wildman–Crippen LogP) is 4.43. The molecule has 0 atom stereocenters. The van der Waals surface area contributed by atoms with Crippen LogP contribution in [-0.4, -0.2) is 23.1 Å². The highest BCUT2D eigenvalue weighted by Crippen LogP contribution is 2.44. The average Bonchev–Trinajstić information content (AvgIpc) is 2.50. The maximum atomic E-state index is 5.56. The highest BCUT2D eigenvalue weighted by atomic mass is 32.1. The number of anilines is 1. The van der Waals surface area contributed by atoms with Gasteiger partial charge >= 0.3 is 0 Å². The molecule has 108 valence electrons. The molecule has 0 amide bonds. The van der Waals surface area contributed by atoms with E-state index in [0.29, 0.717) is 5.41 Å². The number of piperidine rings is 1. The molecule has 1 aromatic carbocycles. The fourth-order valence-corrected chi connectivity index (χ4v) is 4.01. The van der Waals surface area contributed by atoms with Crippen molar-refractivity contribution in [1.82, 2.24) is 4.90 Å². The lowest BCUT2D eigenvalue weighted by atomic mass is 9.68. The van der Waals surface area contributed by atoms with Crippen molar-refractivity contribution < 1.29 is 0 Å². The van der Waals surface area contributed by atoms with E-state index in [4.69, 9.17) is 12.2 Å². The monoisotopic (exact) mass is 288 g/mol. The van der Waals surface area contributed by atoms with E-state index in [2.05, 4.69) is 22.3 Å². The lowest BCUT2D eigenvalue weighted by molar-refractivity contribution is 0.0987. The van der Waals surface area contributed by atoms with Crippen molar-refractivity contribution in [2.45, 2.75) is 44.9 Å². The van der Waals surface area contributed by atoms with Gasteiger partial charge in [-0.15, -0.1) is 0 Å². The zero-order valence-corrected chi connectivity index (χ0v) is 12.9. The van der Waals surface area contributed by atoms with E-state index in [-0.39, 0.29) is 0 Å². The number of para-hydroxylation sites is 1. The molecule has 1 saturated carbocycles. The standard InChI is InChI=1S/C17H24N2S/c20-16(18-15-7-3-1-4-8-15)19-13-11-17(12-14-19)9-5-2-6-10-17/h1,3-4,7-8H,2,5-6,9-14H2,(H,18,20). The second-order valence-corrected chi connectivity index (χ2v) is 6.73. The Bertz CT molecular complexity index is 441. The van der Waals surface area contributed by atoms with Crippen molar-refractivity contribution in [2.75, 3.05) is 18.4 Å². The average molecular weight is 288 g/mol. The summed E-state index contributed by atoms with van der Waals surface area (Å²) in [5.74, 6) is 0. The topological polar surface area (TPSA) is 15.3 Å². The fourth-order valence-electron chi connectivity index (χ4n) is 3.71. The number of hydrogen-bond donors (Lipinski definition) is 1. The Morgan fingerprint density at radius 3 is 2.25 bits per heavy atom. The molecule has 3 rings (SSSR count). The summed E-state index contributed by atoms with van der Waals surface area (Å²) < 4.78 is 0. The largest absolute Gasteiger partial charge is 0.349 e. The summed E-state index contributed by atoms with van der Waals surface area (Å²) in [6.07, 6.45) is 9.85. The quantitative estimate of drug-likeness (QED) is 0.770. The van der Waals surface area contributed by atoms with E-state index >= 15 is 0 Å². The van der Waals surface area contributed by atoms with Crippen LogP contribution in [0, 0.1) is 5.41 Å². The molecule has 1 N–H and O–H groups in total. The summed E-state index contributed by atoms with van der Waals surface area (Å²) >= 11 is 5.56. The first-order valence-electron chi connectivity index (χ1n) is 7.89. The van der Waals surface area contributed by atoms with Gasteiger partial charge in [-0.2, -0.15) is 0 Å². The van der Waals surface area contributed by atoms with Gasteiger partial charge in [0.05, 0.1) is 0 Å². The molecule has 2 fully saturated rings. The molecule has 1 aliphatic heterocycles. The molecular weight excluding hydrogens is 264 g/mol. The molecule has 1 aromatic rings. The first-order valence-corrected chi connectivity index (χ1v) is 8.29. The summed E-state index contributed by atoms with van der Waals surface area (Å²) in [5.41, 5.74) is 1.74. The Hall–Kier alpha value is -1.09. The van der Waals surface area contributed by atoms with Crippen molar-refractivity contribution in [3.63, 3.8) is 0 Å². The van der Waals surface area contributed by atoms with Gasteiger partial charge < -0.3 is 10.2 Å². The van der Waals surface area contributed by atoms with Gasteiger partial charge in [0.15, 0.2) is 5.11 Å². The number of likely N-dealkylation sites (tertiary alicyclic amines) is 1. The minimum atomic E-state index is 0.650. The number of nitrogens with zero attached hydrogens (tertiary/aromatic N) is 1. The van der Waals surface area contributed by atoms with Crippen LogP contribution in [0.5, 0.6) is 0 Å². The third-order valence-corrected chi connectivity index (χ3v) is 5.41. The van der Waals surface area contributed by atoms with E-state index in [9.17, 15) is 0 Å². The molecule has 0 bridgehead atoms. The molecule has 3 heteroatoms. The van der Waals surface area contributed by atoms with Crippen LogP contribution in [-0.2, 0) is 0 Å². The zero-order valence-electron chi connectivity index (χ0n) is 12.1. The molecule has 20 heavy (non-hydrogen) atoms. The van der Waals surface area contributed by atoms with Crippen molar-refractivity contribution in [2.24, 2.45) is 5.41 Å². The number of benzene rings is 1. The molecule has 0 radical (unpaired) electrons. The molecule has 1 spiro atoms. The minimum absolute atomic E-state index is 0.650. The summed E-state index contributed by atoms with van der Waals surface area (Å²) in [6, 6.07) is 10.2. The molecule has 0 unspecified atom stereocenters. The van der Waals surface area contributed by atoms with Gasteiger partial charge in [0.25, 0.3) is 0 Å². The van der Waals surface area contributed by atoms with Gasteiger partial charge in [-0.25, -0.2) is 0 Å². The maximum Gasteiger partial charge on any atom is 0.173 e. The van der Waals surface area contributed by atoms with Gasteiger partial charge in [0.2, 0.25) is 0 Å². The SMILES string of the molecule is S=C(Nc1ccccc1)N1CCC2(CCCCC2)CC1. The normalized spacial score (nSPS) is 21.7.